The van der Waals surface area contributed by atoms with Gasteiger partial charge in [0.25, 0.3) is 0 Å². The summed E-state index contributed by atoms with van der Waals surface area (Å²) in [6.45, 7) is 0. The van der Waals surface area contributed by atoms with Crippen LogP contribution in [0.2, 0.25) is 10.0 Å². The van der Waals surface area contributed by atoms with Crippen molar-refractivity contribution in [2.75, 3.05) is 0 Å². The molecule has 14 heavy (non-hydrogen) atoms. The summed E-state index contributed by atoms with van der Waals surface area (Å²) in [6, 6.07) is 5.08. The number of nitrogens with zero attached hydrogens (tertiary/aromatic N) is 1. The predicted octanol–water partition coefficient (Wildman–Crippen LogP) is 4.04. The number of ether oxygens (including phenoxy) is 1. The number of benzene rings is 1. The molecule has 5 heteroatoms. The zero-order chi connectivity index (χ0) is 9.97. The molecule has 1 radical (unpaired) electrons. The highest BCUT2D eigenvalue weighted by molar-refractivity contribution is 7.11. The zero-order valence-electron chi connectivity index (χ0n) is 6.83. The van der Waals surface area contributed by atoms with Gasteiger partial charge in [-0.15, -0.1) is 0 Å². The van der Waals surface area contributed by atoms with Gasteiger partial charge < -0.3 is 4.74 Å². The number of hydrogen-bond acceptors (Lipinski definition) is 3. The summed E-state index contributed by atoms with van der Waals surface area (Å²) < 4.78 is 5.44. The molecule has 0 spiro atoms. The molecule has 0 aliphatic heterocycles. The van der Waals surface area contributed by atoms with Gasteiger partial charge in [-0.1, -0.05) is 34.5 Å². The van der Waals surface area contributed by atoms with Crippen molar-refractivity contribution in [3.63, 3.8) is 0 Å². The van der Waals surface area contributed by atoms with Gasteiger partial charge in [0, 0.05) is 6.07 Å². The highest BCUT2D eigenvalue weighted by Gasteiger charge is 2.02. The Hall–Kier alpha value is -0.770. The lowest BCUT2D eigenvalue weighted by Gasteiger charge is -2.02. The van der Waals surface area contributed by atoms with Gasteiger partial charge in [-0.2, -0.15) is 0 Å². The van der Waals surface area contributed by atoms with E-state index < -0.39 is 0 Å². The molecule has 1 aromatic carbocycles. The van der Waals surface area contributed by atoms with Crippen LogP contribution in [0, 0.1) is 5.51 Å². The van der Waals surface area contributed by atoms with Crippen LogP contribution in [-0.2, 0) is 0 Å². The van der Waals surface area contributed by atoms with Crippen molar-refractivity contribution in [3.8, 4) is 10.8 Å². The maximum atomic E-state index is 5.82. The molecule has 0 atom stereocenters. The summed E-state index contributed by atoms with van der Waals surface area (Å²) in [6.07, 6.45) is 1.59. The van der Waals surface area contributed by atoms with E-state index in [2.05, 4.69) is 10.5 Å². The Morgan fingerprint density at radius 2 is 2.14 bits per heavy atom. The lowest BCUT2D eigenvalue weighted by molar-refractivity contribution is 0.495. The highest BCUT2D eigenvalue weighted by atomic mass is 35.5. The van der Waals surface area contributed by atoms with Crippen molar-refractivity contribution in [3.05, 3.63) is 40.0 Å². The van der Waals surface area contributed by atoms with E-state index in [9.17, 15) is 0 Å². The quantitative estimate of drug-likeness (QED) is 0.796. The summed E-state index contributed by atoms with van der Waals surface area (Å²) in [5, 5.41) is 1.65. The average Bonchev–Trinajstić information content (AvgIpc) is 2.64. The van der Waals surface area contributed by atoms with Crippen LogP contribution >= 0.6 is 34.5 Å². The predicted molar refractivity (Wildman–Crippen MR) is 57.5 cm³/mol. The molecular formula is C9H4Cl2NOS. The second-order valence-corrected chi connectivity index (χ2v) is 4.05. The summed E-state index contributed by atoms with van der Waals surface area (Å²) in [7, 11) is 0. The second kappa shape index (κ2) is 4.17. The van der Waals surface area contributed by atoms with E-state index in [1.165, 1.54) is 11.3 Å². The first-order valence-electron chi connectivity index (χ1n) is 3.70. The monoisotopic (exact) mass is 244 g/mol. The molecule has 1 heterocycles. The van der Waals surface area contributed by atoms with Crippen molar-refractivity contribution >= 4 is 34.5 Å². The van der Waals surface area contributed by atoms with Crippen LogP contribution < -0.4 is 4.74 Å². The first-order valence-corrected chi connectivity index (χ1v) is 5.28. The molecule has 2 rings (SSSR count). The fraction of sp³-hybridized carbons (Fsp3) is 0. The normalized spacial score (nSPS) is 10.1. The molecule has 0 N–H and O–H groups in total. The highest BCUT2D eigenvalue weighted by Crippen LogP contribution is 2.30. The van der Waals surface area contributed by atoms with E-state index in [0.717, 1.165) is 0 Å². The molecule has 0 saturated heterocycles. The minimum Gasteiger partial charge on any atom is -0.445 e. The molecule has 0 aliphatic rings. The number of hydrogen-bond donors (Lipinski definition) is 0. The average molecular weight is 245 g/mol. The molecule has 0 saturated carbocycles. The van der Waals surface area contributed by atoms with E-state index in [4.69, 9.17) is 27.9 Å². The first kappa shape index (κ1) is 9.77. The minimum absolute atomic E-state index is 0.470. The van der Waals surface area contributed by atoms with Crippen LogP contribution in [0.4, 0.5) is 0 Å². The van der Waals surface area contributed by atoms with E-state index in [1.54, 1.807) is 24.4 Å². The molecule has 0 aliphatic carbocycles. The molecule has 2 aromatic rings. The van der Waals surface area contributed by atoms with Gasteiger partial charge in [-0.3, -0.25) is 0 Å². The summed E-state index contributed by atoms with van der Waals surface area (Å²) in [4.78, 5) is 3.77. The maximum absolute atomic E-state index is 5.82. The largest absolute Gasteiger partial charge is 0.445 e. The van der Waals surface area contributed by atoms with Crippen molar-refractivity contribution in [2.24, 2.45) is 0 Å². The first-order chi connectivity index (χ1) is 6.75. The van der Waals surface area contributed by atoms with Crippen LogP contribution in [0.1, 0.15) is 0 Å². The van der Waals surface area contributed by atoms with Crippen LogP contribution in [0.25, 0.3) is 0 Å². The van der Waals surface area contributed by atoms with Gasteiger partial charge >= 0.3 is 0 Å². The Morgan fingerprint density at radius 3 is 2.79 bits per heavy atom. The third kappa shape index (κ3) is 2.18. The Balaban J connectivity index is 2.22. The number of thiazole rings is 1. The molecule has 71 valence electrons. The van der Waals surface area contributed by atoms with Crippen LogP contribution in [0.5, 0.6) is 10.8 Å². The molecule has 0 amide bonds. The van der Waals surface area contributed by atoms with E-state index >= 15 is 0 Å². The molecule has 0 fully saturated rings. The molecule has 1 aromatic heterocycles. The molecule has 0 bridgehead atoms. The van der Waals surface area contributed by atoms with Gasteiger partial charge in [0.1, 0.15) is 5.75 Å². The fourth-order valence-corrected chi connectivity index (χ4v) is 1.61. The lowest BCUT2D eigenvalue weighted by atomic mass is 10.3. The van der Waals surface area contributed by atoms with E-state index in [0.29, 0.717) is 20.9 Å². The Bertz CT molecular complexity index is 430. The van der Waals surface area contributed by atoms with Gasteiger partial charge in [0.2, 0.25) is 5.06 Å². The lowest BCUT2D eigenvalue weighted by Crippen LogP contribution is -1.80. The Kier molecular flexibility index (Phi) is 2.91. The second-order valence-electron chi connectivity index (χ2n) is 2.45. The van der Waals surface area contributed by atoms with Gasteiger partial charge in [0.05, 0.1) is 16.2 Å². The third-order valence-electron chi connectivity index (χ3n) is 1.48. The summed E-state index contributed by atoms with van der Waals surface area (Å²) in [5.74, 6) is 0.636. The Morgan fingerprint density at radius 1 is 1.29 bits per heavy atom. The third-order valence-corrected chi connectivity index (χ3v) is 2.80. The van der Waals surface area contributed by atoms with E-state index in [-0.39, 0.29) is 0 Å². The van der Waals surface area contributed by atoms with Gasteiger partial charge in [0.15, 0.2) is 5.51 Å². The van der Waals surface area contributed by atoms with Crippen LogP contribution in [-0.4, -0.2) is 4.98 Å². The maximum Gasteiger partial charge on any atom is 0.201 e. The topological polar surface area (TPSA) is 22.1 Å². The number of halogens is 2. The zero-order valence-corrected chi connectivity index (χ0v) is 9.16. The van der Waals surface area contributed by atoms with Gasteiger partial charge in [-0.25, -0.2) is 4.98 Å². The summed E-state index contributed by atoms with van der Waals surface area (Å²) in [5.41, 5.74) is 2.68. The molecule has 0 unspecified atom stereocenters. The smallest absolute Gasteiger partial charge is 0.201 e. The number of aromatic nitrogens is 1. The van der Waals surface area contributed by atoms with Crippen molar-refractivity contribution < 1.29 is 4.74 Å². The Labute approximate surface area is 95.1 Å². The minimum atomic E-state index is 0.470. The fourth-order valence-electron chi connectivity index (χ4n) is 0.880. The van der Waals surface area contributed by atoms with Crippen molar-refractivity contribution in [2.45, 2.75) is 0 Å². The van der Waals surface area contributed by atoms with Crippen LogP contribution in [0.3, 0.4) is 0 Å². The van der Waals surface area contributed by atoms with E-state index in [1.807, 2.05) is 0 Å². The number of rotatable bonds is 2. The van der Waals surface area contributed by atoms with Crippen molar-refractivity contribution in [1.82, 2.24) is 4.98 Å². The standard InChI is InChI=1S/C9H4Cl2NOS/c10-7-2-1-6(3-8(7)11)13-9-4-12-5-14-9/h1-4H. The summed E-state index contributed by atoms with van der Waals surface area (Å²) >= 11 is 12.9. The molecular weight excluding hydrogens is 241 g/mol. The molecule has 2 nitrogen and oxygen atoms in total. The SMILES string of the molecule is Clc1ccc(Oc2cn[c]s2)cc1Cl. The van der Waals surface area contributed by atoms with Gasteiger partial charge in [-0.05, 0) is 12.1 Å². The van der Waals surface area contributed by atoms with Crippen molar-refractivity contribution in [1.29, 1.82) is 0 Å². The van der Waals surface area contributed by atoms with Crippen LogP contribution in [0.15, 0.2) is 24.4 Å².